The average Bonchev–Trinajstić information content (AvgIpc) is 2.39. The van der Waals surface area contributed by atoms with Gasteiger partial charge in [0.15, 0.2) is 0 Å². The molecule has 2 unspecified atom stereocenters. The number of rotatable bonds is 5. The highest BCUT2D eigenvalue weighted by molar-refractivity contribution is 7.84. The second kappa shape index (κ2) is 7.01. The quantitative estimate of drug-likeness (QED) is 0.835. The molecule has 4 heteroatoms. The third-order valence-corrected chi connectivity index (χ3v) is 5.65. The molecule has 1 aliphatic heterocycles. The highest BCUT2D eigenvalue weighted by Crippen LogP contribution is 2.38. The first-order chi connectivity index (χ1) is 8.74. The van der Waals surface area contributed by atoms with Crippen molar-refractivity contribution in [2.75, 3.05) is 24.7 Å². The maximum absolute atomic E-state index is 11.4. The van der Waals surface area contributed by atoms with Gasteiger partial charge in [-0.1, -0.05) is 26.2 Å². The zero-order valence-corrected chi connectivity index (χ0v) is 12.4. The van der Waals surface area contributed by atoms with Crippen molar-refractivity contribution in [1.82, 2.24) is 5.32 Å². The number of hydrogen-bond acceptors (Lipinski definition) is 3. The van der Waals surface area contributed by atoms with Gasteiger partial charge in [0.05, 0.1) is 5.60 Å². The predicted molar refractivity (Wildman–Crippen MR) is 76.3 cm³/mol. The van der Waals surface area contributed by atoms with Crippen LogP contribution < -0.4 is 5.32 Å². The van der Waals surface area contributed by atoms with Crippen LogP contribution in [0.15, 0.2) is 0 Å². The van der Waals surface area contributed by atoms with Crippen molar-refractivity contribution >= 4 is 10.8 Å². The van der Waals surface area contributed by atoms with Gasteiger partial charge in [-0.25, -0.2) is 0 Å². The van der Waals surface area contributed by atoms with Crippen LogP contribution in [0.4, 0.5) is 0 Å². The molecular formula is C14H27NO2S. The Morgan fingerprint density at radius 3 is 2.83 bits per heavy atom. The Morgan fingerprint density at radius 2 is 2.11 bits per heavy atom. The molecule has 0 bridgehead atoms. The summed E-state index contributed by atoms with van der Waals surface area (Å²) in [6, 6.07) is 0.575. The molecule has 0 aromatic carbocycles. The summed E-state index contributed by atoms with van der Waals surface area (Å²) in [7, 11) is -0.638. The molecule has 0 aromatic heterocycles. The van der Waals surface area contributed by atoms with Crippen LogP contribution in [-0.4, -0.2) is 40.5 Å². The molecule has 2 atom stereocenters. The van der Waals surface area contributed by atoms with Crippen molar-refractivity contribution in [3.05, 3.63) is 0 Å². The van der Waals surface area contributed by atoms with E-state index in [1.165, 1.54) is 32.1 Å². The van der Waals surface area contributed by atoms with Crippen LogP contribution in [0.5, 0.6) is 0 Å². The first kappa shape index (κ1) is 14.5. The average molecular weight is 273 g/mol. The van der Waals surface area contributed by atoms with Gasteiger partial charge in [0, 0.05) is 41.5 Å². The van der Waals surface area contributed by atoms with E-state index < -0.39 is 10.8 Å². The lowest BCUT2D eigenvalue weighted by molar-refractivity contribution is -0.108. The zero-order valence-electron chi connectivity index (χ0n) is 11.6. The van der Waals surface area contributed by atoms with E-state index in [-0.39, 0.29) is 5.60 Å². The van der Waals surface area contributed by atoms with E-state index in [1.807, 2.05) is 6.92 Å². The molecule has 2 rings (SSSR count). The fourth-order valence-corrected chi connectivity index (χ4v) is 3.90. The molecule has 1 saturated heterocycles. The summed E-state index contributed by atoms with van der Waals surface area (Å²) in [6.07, 6.45) is 8.78. The van der Waals surface area contributed by atoms with Crippen LogP contribution in [-0.2, 0) is 15.5 Å². The summed E-state index contributed by atoms with van der Waals surface area (Å²) >= 11 is 0. The van der Waals surface area contributed by atoms with E-state index in [9.17, 15) is 4.21 Å². The lowest BCUT2D eigenvalue weighted by atomic mass is 9.78. The lowest BCUT2D eigenvalue weighted by Gasteiger charge is -2.43. The van der Waals surface area contributed by atoms with Gasteiger partial charge in [-0.15, -0.1) is 0 Å². The maximum Gasteiger partial charge on any atom is 0.0697 e. The van der Waals surface area contributed by atoms with Gasteiger partial charge in [-0.2, -0.15) is 0 Å². The molecule has 0 amide bonds. The van der Waals surface area contributed by atoms with Gasteiger partial charge in [-0.3, -0.25) is 4.21 Å². The van der Waals surface area contributed by atoms with Gasteiger partial charge in [0.2, 0.25) is 0 Å². The minimum Gasteiger partial charge on any atom is -0.375 e. The molecular weight excluding hydrogens is 246 g/mol. The van der Waals surface area contributed by atoms with Crippen LogP contribution in [0.25, 0.3) is 0 Å². The predicted octanol–water partition coefficient (Wildman–Crippen LogP) is 2.23. The lowest BCUT2D eigenvalue weighted by Crippen LogP contribution is -2.48. The van der Waals surface area contributed by atoms with E-state index in [0.29, 0.717) is 6.04 Å². The second-order valence-electron chi connectivity index (χ2n) is 5.67. The summed E-state index contributed by atoms with van der Waals surface area (Å²) in [5.74, 6) is 1.57. The molecule has 0 aromatic rings. The van der Waals surface area contributed by atoms with Crippen LogP contribution >= 0.6 is 0 Å². The Hall–Kier alpha value is 0.0700. The molecule has 1 spiro atoms. The molecule has 1 N–H and O–H groups in total. The standard InChI is InChI=1S/C14H27NO2S/c1-2-18(16)11-9-15-13-6-10-17-14(12-13)7-4-3-5-8-14/h13,15H,2-12H2,1H3. The van der Waals surface area contributed by atoms with Crippen molar-refractivity contribution in [3.8, 4) is 0 Å². The van der Waals surface area contributed by atoms with E-state index >= 15 is 0 Å². The van der Waals surface area contributed by atoms with Crippen molar-refractivity contribution < 1.29 is 8.95 Å². The van der Waals surface area contributed by atoms with Crippen molar-refractivity contribution in [1.29, 1.82) is 0 Å². The van der Waals surface area contributed by atoms with E-state index in [4.69, 9.17) is 4.74 Å². The second-order valence-corrected chi connectivity index (χ2v) is 7.53. The van der Waals surface area contributed by atoms with Crippen molar-refractivity contribution in [3.63, 3.8) is 0 Å². The Balaban J connectivity index is 1.74. The third kappa shape index (κ3) is 4.04. The van der Waals surface area contributed by atoms with Crippen LogP contribution in [0, 0.1) is 0 Å². The smallest absolute Gasteiger partial charge is 0.0697 e. The van der Waals surface area contributed by atoms with Gasteiger partial charge in [0.25, 0.3) is 0 Å². The van der Waals surface area contributed by atoms with Crippen molar-refractivity contribution in [2.24, 2.45) is 0 Å². The maximum atomic E-state index is 11.4. The Kier molecular flexibility index (Phi) is 5.64. The molecule has 1 aliphatic carbocycles. The number of nitrogens with one attached hydrogen (secondary N) is 1. The summed E-state index contributed by atoms with van der Waals surface area (Å²) in [4.78, 5) is 0. The molecule has 3 nitrogen and oxygen atoms in total. The largest absolute Gasteiger partial charge is 0.375 e. The fourth-order valence-electron chi connectivity index (χ4n) is 3.27. The van der Waals surface area contributed by atoms with Gasteiger partial charge < -0.3 is 10.1 Å². The first-order valence-electron chi connectivity index (χ1n) is 7.46. The van der Waals surface area contributed by atoms with E-state index in [2.05, 4.69) is 5.32 Å². The topological polar surface area (TPSA) is 38.3 Å². The third-order valence-electron chi connectivity index (χ3n) is 4.34. The first-order valence-corrected chi connectivity index (χ1v) is 8.95. The highest BCUT2D eigenvalue weighted by atomic mass is 32.2. The molecule has 1 heterocycles. The number of hydrogen-bond donors (Lipinski definition) is 1. The van der Waals surface area contributed by atoms with Crippen molar-refractivity contribution in [2.45, 2.75) is 63.5 Å². The zero-order chi connectivity index (χ0) is 12.8. The van der Waals surface area contributed by atoms with Gasteiger partial charge in [0.1, 0.15) is 0 Å². The SMILES string of the molecule is CCS(=O)CCNC1CCOC2(CCCCC2)C1. The van der Waals surface area contributed by atoms with Crippen LogP contribution in [0.2, 0.25) is 0 Å². The normalized spacial score (nSPS) is 29.3. The van der Waals surface area contributed by atoms with Gasteiger partial charge in [-0.05, 0) is 25.7 Å². The summed E-state index contributed by atoms with van der Waals surface area (Å²) in [5, 5.41) is 3.59. The summed E-state index contributed by atoms with van der Waals surface area (Å²) < 4.78 is 17.5. The molecule has 106 valence electrons. The van der Waals surface area contributed by atoms with E-state index in [0.717, 1.165) is 37.5 Å². The fraction of sp³-hybridized carbons (Fsp3) is 1.00. The molecule has 2 aliphatic rings. The Labute approximate surface area is 114 Å². The Morgan fingerprint density at radius 1 is 1.33 bits per heavy atom. The van der Waals surface area contributed by atoms with Gasteiger partial charge >= 0.3 is 0 Å². The molecule has 0 radical (unpaired) electrons. The molecule has 2 fully saturated rings. The van der Waals surface area contributed by atoms with Crippen LogP contribution in [0.3, 0.4) is 0 Å². The monoisotopic (exact) mass is 273 g/mol. The minimum absolute atomic E-state index is 0.179. The Bertz CT molecular complexity index is 271. The van der Waals surface area contributed by atoms with Crippen LogP contribution in [0.1, 0.15) is 51.9 Å². The summed E-state index contributed by atoms with van der Waals surface area (Å²) in [5.41, 5.74) is 0.179. The highest BCUT2D eigenvalue weighted by Gasteiger charge is 2.38. The molecule has 1 saturated carbocycles. The van der Waals surface area contributed by atoms with E-state index in [1.54, 1.807) is 0 Å². The minimum atomic E-state index is -0.638. The summed E-state index contributed by atoms with van der Waals surface area (Å²) in [6.45, 7) is 3.78. The number of ether oxygens (including phenoxy) is 1. The molecule has 18 heavy (non-hydrogen) atoms.